The van der Waals surface area contributed by atoms with Gasteiger partial charge in [-0.25, -0.2) is 5.43 Å². The number of nitrogens with one attached hydrogen (secondary N) is 1. The van der Waals surface area contributed by atoms with Crippen molar-refractivity contribution in [2.24, 2.45) is 10.2 Å². The lowest BCUT2D eigenvalue weighted by molar-refractivity contribution is 0.0952. The molecule has 0 saturated heterocycles. The van der Waals surface area contributed by atoms with Crippen LogP contribution >= 0.6 is 0 Å². The van der Waals surface area contributed by atoms with Gasteiger partial charge in [-0.2, -0.15) is 10.2 Å². The van der Waals surface area contributed by atoms with E-state index in [1.165, 1.54) is 11.6 Å². The Hall–Kier alpha value is -4.71. The smallest absolute Gasteiger partial charge is 0.275 e. The Morgan fingerprint density at radius 3 is 2.26 bits per heavy atom. The molecule has 1 heterocycles. The number of hydrogen-bond donors (Lipinski definition) is 2. The maximum Gasteiger partial charge on any atom is 0.275 e. The van der Waals surface area contributed by atoms with E-state index in [9.17, 15) is 9.90 Å². The predicted molar refractivity (Wildman–Crippen MR) is 139 cm³/mol. The number of anilines is 1. The second kappa shape index (κ2) is 10.1. The topological polar surface area (TPSA) is 77.3 Å². The molecule has 1 aliphatic rings. The fourth-order valence-electron chi connectivity index (χ4n) is 4.09. The summed E-state index contributed by atoms with van der Waals surface area (Å²) in [5.74, 6) is -0.555. The Balaban J connectivity index is 1.34. The molecule has 1 amide bonds. The summed E-state index contributed by atoms with van der Waals surface area (Å²) in [4.78, 5) is 12.2. The standard InChI is InChI=1S/C29H24N4O2/c34-28-14-8-7-13-25(28)29(35)31-30-20-21-15-17-24(18-16-21)33-27(23-11-5-2-6-12-23)19-26(32-33)22-9-3-1-4-10-22/h1-18,20,27,34H,19H2,(H,31,35)/t27-/m1/s1. The highest BCUT2D eigenvalue weighted by Crippen LogP contribution is 2.36. The first-order valence-corrected chi connectivity index (χ1v) is 11.4. The first-order valence-electron chi connectivity index (χ1n) is 11.4. The van der Waals surface area contributed by atoms with Gasteiger partial charge < -0.3 is 5.11 Å². The highest BCUT2D eigenvalue weighted by molar-refractivity contribution is 6.03. The molecule has 1 atom stereocenters. The Morgan fingerprint density at radius 2 is 1.54 bits per heavy atom. The van der Waals surface area contributed by atoms with Gasteiger partial charge in [-0.05, 0) is 41.0 Å². The molecule has 4 aromatic rings. The van der Waals surface area contributed by atoms with E-state index in [4.69, 9.17) is 5.10 Å². The van der Waals surface area contributed by atoms with Crippen LogP contribution in [0.25, 0.3) is 0 Å². The van der Waals surface area contributed by atoms with Crippen molar-refractivity contribution in [1.82, 2.24) is 5.43 Å². The second-order valence-corrected chi connectivity index (χ2v) is 8.20. The van der Waals surface area contributed by atoms with Gasteiger partial charge in [0.15, 0.2) is 0 Å². The highest BCUT2D eigenvalue weighted by atomic mass is 16.3. The fourth-order valence-corrected chi connectivity index (χ4v) is 4.09. The van der Waals surface area contributed by atoms with Gasteiger partial charge in [0.1, 0.15) is 5.75 Å². The number of para-hydroxylation sites is 1. The van der Waals surface area contributed by atoms with E-state index in [2.05, 4.69) is 51.9 Å². The van der Waals surface area contributed by atoms with Crippen LogP contribution in [0.2, 0.25) is 0 Å². The highest BCUT2D eigenvalue weighted by Gasteiger charge is 2.29. The number of carbonyl (C=O) groups is 1. The number of hydrazone groups is 2. The molecular weight excluding hydrogens is 436 g/mol. The maximum absolute atomic E-state index is 12.2. The summed E-state index contributed by atoms with van der Waals surface area (Å²) in [5.41, 5.74) is 7.81. The van der Waals surface area contributed by atoms with Gasteiger partial charge in [-0.3, -0.25) is 9.80 Å². The lowest BCUT2D eigenvalue weighted by atomic mass is 9.98. The first-order chi connectivity index (χ1) is 17.2. The number of nitrogens with zero attached hydrogens (tertiary/aromatic N) is 3. The minimum Gasteiger partial charge on any atom is -0.507 e. The van der Waals surface area contributed by atoms with Crippen molar-refractivity contribution < 1.29 is 9.90 Å². The van der Waals surface area contributed by atoms with E-state index in [1.54, 1.807) is 24.4 Å². The summed E-state index contributed by atoms with van der Waals surface area (Å²) < 4.78 is 0. The van der Waals surface area contributed by atoms with Crippen LogP contribution in [-0.2, 0) is 0 Å². The predicted octanol–water partition coefficient (Wildman–Crippen LogP) is 5.51. The lowest BCUT2D eigenvalue weighted by Gasteiger charge is -2.24. The van der Waals surface area contributed by atoms with Gasteiger partial charge in [-0.1, -0.05) is 84.9 Å². The first kappa shape index (κ1) is 22.1. The molecule has 4 aromatic carbocycles. The lowest BCUT2D eigenvalue weighted by Crippen LogP contribution is -2.18. The molecule has 0 unspecified atom stereocenters. The van der Waals surface area contributed by atoms with Crippen LogP contribution in [-0.4, -0.2) is 22.9 Å². The molecule has 172 valence electrons. The summed E-state index contributed by atoms with van der Waals surface area (Å²) >= 11 is 0. The van der Waals surface area contributed by atoms with Gasteiger partial charge in [0.05, 0.1) is 29.2 Å². The third-order valence-electron chi connectivity index (χ3n) is 5.89. The van der Waals surface area contributed by atoms with Crippen LogP contribution in [0.1, 0.15) is 39.5 Å². The van der Waals surface area contributed by atoms with Crippen LogP contribution in [0.15, 0.2) is 119 Å². The Kier molecular flexibility index (Phi) is 6.35. The molecule has 0 fully saturated rings. The van der Waals surface area contributed by atoms with Crippen LogP contribution in [0.4, 0.5) is 5.69 Å². The van der Waals surface area contributed by atoms with E-state index in [1.807, 2.05) is 48.5 Å². The summed E-state index contributed by atoms with van der Waals surface area (Å²) in [5, 5.41) is 20.9. The Labute approximate surface area is 203 Å². The Morgan fingerprint density at radius 1 is 0.886 bits per heavy atom. The molecule has 6 nitrogen and oxygen atoms in total. The number of carbonyl (C=O) groups excluding carboxylic acids is 1. The molecule has 0 aromatic heterocycles. The van der Waals surface area contributed by atoms with Gasteiger partial charge in [0, 0.05) is 6.42 Å². The number of hydrogen-bond acceptors (Lipinski definition) is 5. The van der Waals surface area contributed by atoms with E-state index in [0.717, 1.165) is 28.9 Å². The quantitative estimate of drug-likeness (QED) is 0.294. The van der Waals surface area contributed by atoms with Gasteiger partial charge >= 0.3 is 0 Å². The molecule has 0 bridgehead atoms. The van der Waals surface area contributed by atoms with Crippen molar-refractivity contribution in [1.29, 1.82) is 0 Å². The maximum atomic E-state index is 12.2. The molecule has 0 saturated carbocycles. The molecule has 0 radical (unpaired) electrons. The normalized spacial score (nSPS) is 15.3. The van der Waals surface area contributed by atoms with E-state index in [-0.39, 0.29) is 17.4 Å². The number of amides is 1. The minimum atomic E-state index is -0.471. The number of aromatic hydroxyl groups is 1. The monoisotopic (exact) mass is 460 g/mol. The number of phenolic OH excluding ortho intramolecular Hbond substituents is 1. The summed E-state index contributed by atoms with van der Waals surface area (Å²) in [6.07, 6.45) is 2.38. The van der Waals surface area contributed by atoms with Crippen LogP contribution in [0, 0.1) is 0 Å². The van der Waals surface area contributed by atoms with Gasteiger partial charge in [0.25, 0.3) is 5.91 Å². The van der Waals surface area contributed by atoms with E-state index < -0.39 is 5.91 Å². The molecular formula is C29H24N4O2. The zero-order valence-corrected chi connectivity index (χ0v) is 19.0. The average molecular weight is 461 g/mol. The fraction of sp³-hybridized carbons (Fsp3) is 0.0690. The van der Waals surface area contributed by atoms with Crippen molar-refractivity contribution in [2.75, 3.05) is 5.01 Å². The molecule has 35 heavy (non-hydrogen) atoms. The molecule has 5 rings (SSSR count). The summed E-state index contributed by atoms with van der Waals surface area (Å²) in [6, 6.07) is 35.0. The molecule has 0 spiro atoms. The second-order valence-electron chi connectivity index (χ2n) is 8.20. The van der Waals surface area contributed by atoms with Crippen molar-refractivity contribution in [2.45, 2.75) is 12.5 Å². The van der Waals surface area contributed by atoms with Crippen LogP contribution in [0.3, 0.4) is 0 Å². The zero-order valence-electron chi connectivity index (χ0n) is 19.0. The largest absolute Gasteiger partial charge is 0.507 e. The molecule has 6 heteroatoms. The molecule has 2 N–H and O–H groups in total. The number of benzene rings is 4. The number of rotatable bonds is 6. The third-order valence-corrected chi connectivity index (χ3v) is 5.89. The summed E-state index contributed by atoms with van der Waals surface area (Å²) in [6.45, 7) is 0. The SMILES string of the molecule is O=C(NN=Cc1ccc(N2N=C(c3ccccc3)C[C@@H]2c2ccccc2)cc1)c1ccccc1O. The van der Waals surface area contributed by atoms with Crippen molar-refractivity contribution >= 4 is 23.5 Å². The van der Waals surface area contributed by atoms with Crippen molar-refractivity contribution in [3.63, 3.8) is 0 Å². The zero-order chi connectivity index (χ0) is 24.0. The third kappa shape index (κ3) is 4.96. The molecule has 1 aliphatic heterocycles. The van der Waals surface area contributed by atoms with Crippen molar-refractivity contribution in [3.05, 3.63) is 131 Å². The van der Waals surface area contributed by atoms with Crippen LogP contribution < -0.4 is 10.4 Å². The van der Waals surface area contributed by atoms with Gasteiger partial charge in [-0.15, -0.1) is 0 Å². The van der Waals surface area contributed by atoms with E-state index in [0.29, 0.717) is 0 Å². The molecule has 0 aliphatic carbocycles. The van der Waals surface area contributed by atoms with Crippen LogP contribution in [0.5, 0.6) is 5.75 Å². The number of phenols is 1. The minimum absolute atomic E-state index is 0.0847. The van der Waals surface area contributed by atoms with Crippen molar-refractivity contribution in [3.8, 4) is 5.75 Å². The van der Waals surface area contributed by atoms with E-state index >= 15 is 0 Å². The van der Waals surface area contributed by atoms with Gasteiger partial charge in [0.2, 0.25) is 0 Å². The Bertz CT molecular complexity index is 1370. The average Bonchev–Trinajstić information content (AvgIpc) is 3.36. The summed E-state index contributed by atoms with van der Waals surface area (Å²) in [7, 11) is 0.